The first-order chi connectivity index (χ1) is 7.88. The molecule has 0 spiro atoms. The van der Waals surface area contributed by atoms with Gasteiger partial charge in [-0.05, 0) is 12.1 Å². The fourth-order valence-electron chi connectivity index (χ4n) is 1.60. The molecule has 0 aliphatic heterocycles. The van der Waals surface area contributed by atoms with E-state index >= 15 is 0 Å². The molecule has 0 amide bonds. The van der Waals surface area contributed by atoms with Gasteiger partial charge in [0.25, 0.3) is 0 Å². The molecule has 0 saturated carbocycles. The van der Waals surface area contributed by atoms with Crippen molar-refractivity contribution in [1.29, 1.82) is 0 Å². The summed E-state index contributed by atoms with van der Waals surface area (Å²) in [6.45, 7) is 0. The molecule has 0 unspecified atom stereocenters. The van der Waals surface area contributed by atoms with Gasteiger partial charge in [-0.1, -0.05) is 0 Å². The fraction of sp³-hybridized carbons (Fsp3) is 0.0909. The minimum atomic E-state index is 0.769. The van der Waals surface area contributed by atoms with Crippen molar-refractivity contribution < 1.29 is 4.74 Å². The summed E-state index contributed by atoms with van der Waals surface area (Å²) in [6.07, 6.45) is 5.68. The van der Waals surface area contributed by atoms with Gasteiger partial charge in [0.15, 0.2) is 11.4 Å². The number of hydrogen-bond donors (Lipinski definition) is 0. The molecule has 80 valence electrons. The molecule has 0 radical (unpaired) electrons. The average Bonchev–Trinajstić information content (AvgIpc) is 2.96. The standard InChI is InChI=1S/C11H9N3OS/c1-15-9-3-2-5-14-7-8(13-10(9)14)11-12-4-6-16-11/h2-7H,1H3. The molecule has 3 aromatic rings. The first-order valence-corrected chi connectivity index (χ1v) is 5.68. The van der Waals surface area contributed by atoms with Crippen LogP contribution in [0.4, 0.5) is 0 Å². The molecule has 0 aliphatic carbocycles. The predicted octanol–water partition coefficient (Wildman–Crippen LogP) is 2.47. The van der Waals surface area contributed by atoms with Crippen molar-refractivity contribution in [3.8, 4) is 16.5 Å². The van der Waals surface area contributed by atoms with Crippen molar-refractivity contribution in [2.75, 3.05) is 7.11 Å². The van der Waals surface area contributed by atoms with Gasteiger partial charge in [-0.2, -0.15) is 0 Å². The van der Waals surface area contributed by atoms with Crippen LogP contribution in [0.3, 0.4) is 0 Å². The maximum Gasteiger partial charge on any atom is 0.180 e. The molecular formula is C11H9N3OS. The Labute approximate surface area is 96.2 Å². The lowest BCUT2D eigenvalue weighted by molar-refractivity contribution is 0.417. The van der Waals surface area contributed by atoms with E-state index in [2.05, 4.69) is 9.97 Å². The number of imidazole rings is 1. The molecule has 0 aliphatic rings. The summed E-state index contributed by atoms with van der Waals surface area (Å²) < 4.78 is 7.20. The van der Waals surface area contributed by atoms with E-state index in [4.69, 9.17) is 4.74 Å². The summed E-state index contributed by atoms with van der Waals surface area (Å²) >= 11 is 1.58. The molecule has 4 nitrogen and oxygen atoms in total. The summed E-state index contributed by atoms with van der Waals surface area (Å²) in [5, 5.41) is 2.86. The van der Waals surface area contributed by atoms with Gasteiger partial charge in [-0.3, -0.25) is 0 Å². The smallest absolute Gasteiger partial charge is 0.180 e. The van der Waals surface area contributed by atoms with E-state index in [0.29, 0.717) is 0 Å². The van der Waals surface area contributed by atoms with E-state index in [9.17, 15) is 0 Å². The zero-order valence-electron chi connectivity index (χ0n) is 8.62. The second-order valence-electron chi connectivity index (χ2n) is 3.27. The van der Waals surface area contributed by atoms with Crippen LogP contribution in [0.15, 0.2) is 36.1 Å². The number of nitrogens with zero attached hydrogens (tertiary/aromatic N) is 3. The Morgan fingerprint density at radius 1 is 1.44 bits per heavy atom. The summed E-state index contributed by atoms with van der Waals surface area (Å²) in [5.41, 5.74) is 1.69. The third kappa shape index (κ3) is 1.37. The van der Waals surface area contributed by atoms with Crippen molar-refractivity contribution in [3.05, 3.63) is 36.1 Å². The van der Waals surface area contributed by atoms with Crippen LogP contribution in [0.25, 0.3) is 16.3 Å². The zero-order chi connectivity index (χ0) is 11.0. The van der Waals surface area contributed by atoms with Crippen molar-refractivity contribution in [3.63, 3.8) is 0 Å². The normalized spacial score (nSPS) is 10.8. The van der Waals surface area contributed by atoms with E-state index in [1.807, 2.05) is 34.3 Å². The van der Waals surface area contributed by atoms with E-state index in [1.165, 1.54) is 0 Å². The number of pyridine rings is 1. The summed E-state index contributed by atoms with van der Waals surface area (Å²) in [6, 6.07) is 3.83. The highest BCUT2D eigenvalue weighted by Crippen LogP contribution is 2.25. The van der Waals surface area contributed by atoms with Gasteiger partial charge in [0.05, 0.1) is 7.11 Å². The molecule has 0 fully saturated rings. The van der Waals surface area contributed by atoms with Crippen molar-refractivity contribution in [2.45, 2.75) is 0 Å². The Morgan fingerprint density at radius 3 is 3.12 bits per heavy atom. The van der Waals surface area contributed by atoms with Gasteiger partial charge in [0, 0.05) is 24.0 Å². The highest BCUT2D eigenvalue weighted by Gasteiger charge is 2.09. The van der Waals surface area contributed by atoms with Gasteiger partial charge in [0.2, 0.25) is 0 Å². The highest BCUT2D eigenvalue weighted by molar-refractivity contribution is 7.13. The molecule has 16 heavy (non-hydrogen) atoms. The lowest BCUT2D eigenvalue weighted by atomic mass is 10.4. The Morgan fingerprint density at radius 2 is 2.38 bits per heavy atom. The molecule has 0 saturated heterocycles. The summed E-state index contributed by atoms with van der Waals surface area (Å²) in [4.78, 5) is 8.75. The molecule has 3 aromatic heterocycles. The van der Waals surface area contributed by atoms with Gasteiger partial charge in [-0.25, -0.2) is 9.97 Å². The van der Waals surface area contributed by atoms with Gasteiger partial charge >= 0.3 is 0 Å². The van der Waals surface area contributed by atoms with Crippen LogP contribution in [-0.2, 0) is 0 Å². The number of methoxy groups -OCH3 is 1. The minimum absolute atomic E-state index is 0.769. The number of aromatic nitrogens is 3. The number of fused-ring (bicyclic) bond motifs is 1. The van der Waals surface area contributed by atoms with Crippen LogP contribution in [0.1, 0.15) is 0 Å². The fourth-order valence-corrected chi connectivity index (χ4v) is 2.19. The van der Waals surface area contributed by atoms with Crippen molar-refractivity contribution in [2.24, 2.45) is 0 Å². The van der Waals surface area contributed by atoms with E-state index in [0.717, 1.165) is 22.1 Å². The van der Waals surface area contributed by atoms with Crippen LogP contribution < -0.4 is 4.74 Å². The zero-order valence-corrected chi connectivity index (χ0v) is 9.44. The number of ether oxygens (including phenoxy) is 1. The second kappa shape index (κ2) is 3.61. The van der Waals surface area contributed by atoms with Crippen LogP contribution in [0, 0.1) is 0 Å². The number of thiazole rings is 1. The average molecular weight is 231 g/mol. The third-order valence-electron chi connectivity index (χ3n) is 2.32. The quantitative estimate of drug-likeness (QED) is 0.680. The van der Waals surface area contributed by atoms with Crippen molar-refractivity contribution in [1.82, 2.24) is 14.4 Å². The van der Waals surface area contributed by atoms with Gasteiger partial charge in [-0.15, -0.1) is 11.3 Å². The van der Waals surface area contributed by atoms with Gasteiger partial charge in [0.1, 0.15) is 10.7 Å². The minimum Gasteiger partial charge on any atom is -0.493 e. The molecule has 3 heterocycles. The molecule has 0 N–H and O–H groups in total. The largest absolute Gasteiger partial charge is 0.493 e. The molecule has 0 bridgehead atoms. The Kier molecular flexibility index (Phi) is 2.11. The predicted molar refractivity (Wildman–Crippen MR) is 62.9 cm³/mol. The Balaban J connectivity index is 2.23. The lowest BCUT2D eigenvalue weighted by Gasteiger charge is -1.99. The number of hydrogen-bond acceptors (Lipinski definition) is 4. The summed E-state index contributed by atoms with van der Waals surface area (Å²) in [5.74, 6) is 0.769. The van der Waals surface area contributed by atoms with E-state index in [1.54, 1.807) is 24.6 Å². The van der Waals surface area contributed by atoms with Crippen molar-refractivity contribution >= 4 is 17.0 Å². The second-order valence-corrected chi connectivity index (χ2v) is 4.17. The molecule has 0 atom stereocenters. The summed E-state index contributed by atoms with van der Waals surface area (Å²) in [7, 11) is 1.65. The lowest BCUT2D eigenvalue weighted by Crippen LogP contribution is -1.88. The van der Waals surface area contributed by atoms with E-state index in [-0.39, 0.29) is 0 Å². The topological polar surface area (TPSA) is 39.4 Å². The van der Waals surface area contributed by atoms with Crippen LogP contribution in [-0.4, -0.2) is 21.5 Å². The third-order valence-corrected chi connectivity index (χ3v) is 3.11. The molecule has 5 heteroatoms. The Hall–Kier alpha value is -1.88. The number of rotatable bonds is 2. The molecule has 3 rings (SSSR count). The Bertz CT molecular complexity index is 615. The monoisotopic (exact) mass is 231 g/mol. The van der Waals surface area contributed by atoms with Gasteiger partial charge < -0.3 is 9.14 Å². The van der Waals surface area contributed by atoms with E-state index < -0.39 is 0 Å². The maximum absolute atomic E-state index is 5.26. The van der Waals surface area contributed by atoms with Crippen LogP contribution in [0.2, 0.25) is 0 Å². The molecule has 0 aromatic carbocycles. The first kappa shape index (κ1) is 9.35. The first-order valence-electron chi connectivity index (χ1n) is 4.80. The van der Waals surface area contributed by atoms with Crippen LogP contribution >= 0.6 is 11.3 Å². The molecular weight excluding hydrogens is 222 g/mol. The highest BCUT2D eigenvalue weighted by atomic mass is 32.1. The SMILES string of the molecule is COc1cccn2cc(-c3nccs3)nc12. The van der Waals surface area contributed by atoms with Crippen LogP contribution in [0.5, 0.6) is 5.75 Å². The maximum atomic E-state index is 5.26.